The summed E-state index contributed by atoms with van der Waals surface area (Å²) in [6.07, 6.45) is -2.04. The molecule has 0 spiro atoms. The summed E-state index contributed by atoms with van der Waals surface area (Å²) in [6.45, 7) is 7.60. The first-order valence-electron chi connectivity index (χ1n) is 12.4. The summed E-state index contributed by atoms with van der Waals surface area (Å²) >= 11 is 4.51. The SMILES string of the molecule is CC(C)CN(CC(C)S)c1cc(O)c(C2C(O)C(N(c3ccccc3)c3ccccc3)C2O)c(O)c1. The quantitative estimate of drug-likeness (QED) is 0.264. The number of hydrogen-bond donors (Lipinski definition) is 5. The van der Waals surface area contributed by atoms with Gasteiger partial charge in [0.15, 0.2) is 0 Å². The van der Waals surface area contributed by atoms with Crippen LogP contribution < -0.4 is 9.80 Å². The number of phenols is 2. The van der Waals surface area contributed by atoms with Crippen LogP contribution in [0.4, 0.5) is 17.1 Å². The molecule has 3 aromatic rings. The van der Waals surface area contributed by atoms with E-state index in [-0.39, 0.29) is 22.3 Å². The molecule has 6 nitrogen and oxygen atoms in total. The Morgan fingerprint density at radius 1 is 0.750 bits per heavy atom. The van der Waals surface area contributed by atoms with Crippen LogP contribution in [0, 0.1) is 5.92 Å². The Balaban J connectivity index is 1.65. The van der Waals surface area contributed by atoms with E-state index in [2.05, 4.69) is 31.4 Å². The monoisotopic (exact) mass is 508 g/mol. The highest BCUT2D eigenvalue weighted by Crippen LogP contribution is 2.50. The van der Waals surface area contributed by atoms with Crippen molar-refractivity contribution >= 4 is 29.7 Å². The van der Waals surface area contributed by atoms with Crippen LogP contribution >= 0.6 is 12.6 Å². The molecule has 1 aliphatic rings. The molecule has 4 N–H and O–H groups in total. The molecule has 0 aliphatic heterocycles. The number of rotatable bonds is 9. The summed E-state index contributed by atoms with van der Waals surface area (Å²) in [7, 11) is 0. The molecule has 3 atom stereocenters. The molecule has 0 saturated heterocycles. The molecule has 0 radical (unpaired) electrons. The molecule has 0 bridgehead atoms. The Morgan fingerprint density at radius 3 is 1.64 bits per heavy atom. The highest BCUT2D eigenvalue weighted by molar-refractivity contribution is 7.80. The molecule has 1 saturated carbocycles. The summed E-state index contributed by atoms with van der Waals surface area (Å²) < 4.78 is 0. The molecule has 0 amide bonds. The van der Waals surface area contributed by atoms with E-state index in [0.29, 0.717) is 18.2 Å². The standard InChI is InChI=1S/C29H36N2O4S/c1-18(2)16-30(17-19(3)36)22-14-23(32)25(24(33)15-22)26-28(34)27(29(26)35)31(20-10-6-4-7-11-20)21-12-8-5-9-13-21/h4-15,18-19,26-29,32-36H,16-17H2,1-3H3. The van der Waals surface area contributed by atoms with Crippen molar-refractivity contribution in [3.05, 3.63) is 78.4 Å². The van der Waals surface area contributed by atoms with Crippen LogP contribution in [0.25, 0.3) is 0 Å². The molecule has 0 heterocycles. The smallest absolute Gasteiger partial charge is 0.125 e. The molecule has 1 fully saturated rings. The fraction of sp³-hybridized carbons (Fsp3) is 0.379. The van der Waals surface area contributed by atoms with Crippen LogP contribution in [0.15, 0.2) is 72.8 Å². The third-order valence-corrected chi connectivity index (χ3v) is 6.86. The first kappa shape index (κ1) is 26.2. The maximum absolute atomic E-state index is 11.3. The van der Waals surface area contributed by atoms with E-state index in [9.17, 15) is 20.4 Å². The van der Waals surface area contributed by atoms with Gasteiger partial charge in [-0.05, 0) is 30.2 Å². The Bertz CT molecular complexity index is 1060. The van der Waals surface area contributed by atoms with Crippen LogP contribution in [-0.4, -0.2) is 57.0 Å². The topological polar surface area (TPSA) is 87.4 Å². The van der Waals surface area contributed by atoms with Gasteiger partial charge in [-0.15, -0.1) is 0 Å². The second-order valence-corrected chi connectivity index (χ2v) is 11.0. The molecule has 3 unspecified atom stereocenters. The van der Waals surface area contributed by atoms with Gasteiger partial charge in [-0.1, -0.05) is 57.2 Å². The first-order chi connectivity index (χ1) is 17.2. The average Bonchev–Trinajstić information content (AvgIpc) is 2.84. The van der Waals surface area contributed by atoms with Gasteiger partial charge in [0.05, 0.1) is 18.2 Å². The normalized spacial score (nSPS) is 22.2. The molecule has 192 valence electrons. The van der Waals surface area contributed by atoms with Crippen LogP contribution in [0.5, 0.6) is 11.5 Å². The number of anilines is 3. The van der Waals surface area contributed by atoms with E-state index in [1.807, 2.05) is 72.5 Å². The highest BCUT2D eigenvalue weighted by atomic mass is 32.1. The van der Waals surface area contributed by atoms with E-state index in [4.69, 9.17) is 0 Å². The molecule has 0 aromatic heterocycles. The number of para-hydroxylation sites is 2. The second-order valence-electron chi connectivity index (χ2n) is 10.1. The Morgan fingerprint density at radius 2 is 1.22 bits per heavy atom. The lowest BCUT2D eigenvalue weighted by Crippen LogP contribution is -2.64. The molecule has 4 rings (SSSR count). The largest absolute Gasteiger partial charge is 0.507 e. The minimum absolute atomic E-state index is 0.103. The number of phenolic OH excluding ortho intramolecular Hbond substituents is 2. The molecule has 36 heavy (non-hydrogen) atoms. The Kier molecular flexibility index (Phi) is 8.03. The third-order valence-electron chi connectivity index (χ3n) is 6.69. The maximum Gasteiger partial charge on any atom is 0.125 e. The van der Waals surface area contributed by atoms with Crippen molar-refractivity contribution in [1.29, 1.82) is 0 Å². The minimum atomic E-state index is -1.02. The van der Waals surface area contributed by atoms with Crippen molar-refractivity contribution in [2.75, 3.05) is 22.9 Å². The summed E-state index contributed by atoms with van der Waals surface area (Å²) in [5.41, 5.74) is 2.51. The maximum atomic E-state index is 11.3. The third kappa shape index (κ3) is 5.28. The van der Waals surface area contributed by atoms with E-state index in [1.54, 1.807) is 12.1 Å². The number of thiol groups is 1. The average molecular weight is 509 g/mol. The molecular formula is C29H36N2O4S. The van der Waals surface area contributed by atoms with Gasteiger partial charge in [0, 0.05) is 59.0 Å². The first-order valence-corrected chi connectivity index (χ1v) is 12.9. The number of nitrogens with zero attached hydrogens (tertiary/aromatic N) is 2. The fourth-order valence-electron chi connectivity index (χ4n) is 5.18. The summed E-state index contributed by atoms with van der Waals surface area (Å²) in [5, 5.41) is 44.7. The number of aliphatic hydroxyl groups is 2. The molecule has 1 aliphatic carbocycles. The van der Waals surface area contributed by atoms with Gasteiger partial charge in [-0.25, -0.2) is 0 Å². The number of hydrogen-bond acceptors (Lipinski definition) is 7. The van der Waals surface area contributed by atoms with Crippen LogP contribution in [0.3, 0.4) is 0 Å². The van der Waals surface area contributed by atoms with Crippen LogP contribution in [0.1, 0.15) is 32.3 Å². The van der Waals surface area contributed by atoms with Crippen molar-refractivity contribution in [2.24, 2.45) is 5.92 Å². The van der Waals surface area contributed by atoms with Crippen molar-refractivity contribution in [2.45, 2.75) is 50.2 Å². The van der Waals surface area contributed by atoms with Crippen LogP contribution in [0.2, 0.25) is 0 Å². The fourth-order valence-corrected chi connectivity index (χ4v) is 5.38. The van der Waals surface area contributed by atoms with Gasteiger partial charge in [0.2, 0.25) is 0 Å². The summed E-state index contributed by atoms with van der Waals surface area (Å²) in [5.74, 6) is -0.739. The van der Waals surface area contributed by atoms with Gasteiger partial charge in [0.1, 0.15) is 11.5 Å². The second kappa shape index (κ2) is 11.0. The van der Waals surface area contributed by atoms with Gasteiger partial charge in [-0.3, -0.25) is 0 Å². The number of aromatic hydroxyl groups is 2. The number of aliphatic hydroxyl groups excluding tert-OH is 2. The highest BCUT2D eigenvalue weighted by Gasteiger charge is 2.54. The van der Waals surface area contributed by atoms with Gasteiger partial charge in [0.25, 0.3) is 0 Å². The predicted molar refractivity (Wildman–Crippen MR) is 149 cm³/mol. The lowest BCUT2D eigenvalue weighted by Gasteiger charge is -2.52. The van der Waals surface area contributed by atoms with Crippen LogP contribution in [-0.2, 0) is 0 Å². The minimum Gasteiger partial charge on any atom is -0.507 e. The molecule has 7 heteroatoms. The van der Waals surface area contributed by atoms with E-state index in [1.165, 1.54) is 0 Å². The summed E-state index contributed by atoms with van der Waals surface area (Å²) in [6, 6.07) is 21.7. The predicted octanol–water partition coefficient (Wildman–Crippen LogP) is 4.90. The van der Waals surface area contributed by atoms with Gasteiger partial charge >= 0.3 is 0 Å². The van der Waals surface area contributed by atoms with E-state index >= 15 is 0 Å². The zero-order valence-electron chi connectivity index (χ0n) is 20.9. The van der Waals surface area contributed by atoms with Gasteiger partial charge in [-0.2, -0.15) is 12.6 Å². The Labute approximate surface area is 218 Å². The lowest BCUT2D eigenvalue weighted by atomic mass is 9.68. The van der Waals surface area contributed by atoms with Crippen molar-refractivity contribution in [3.8, 4) is 11.5 Å². The molecular weight excluding hydrogens is 472 g/mol. The van der Waals surface area contributed by atoms with Gasteiger partial charge < -0.3 is 30.2 Å². The zero-order valence-corrected chi connectivity index (χ0v) is 21.8. The molecule has 3 aromatic carbocycles. The summed E-state index contributed by atoms with van der Waals surface area (Å²) in [4.78, 5) is 3.99. The Hall–Kier alpha value is -2.87. The van der Waals surface area contributed by atoms with E-state index < -0.39 is 24.2 Å². The number of benzene rings is 3. The van der Waals surface area contributed by atoms with Crippen molar-refractivity contribution < 1.29 is 20.4 Å². The lowest BCUT2D eigenvalue weighted by molar-refractivity contribution is -0.0750. The van der Waals surface area contributed by atoms with Crippen molar-refractivity contribution in [1.82, 2.24) is 0 Å². The van der Waals surface area contributed by atoms with Crippen molar-refractivity contribution in [3.63, 3.8) is 0 Å². The van der Waals surface area contributed by atoms with E-state index in [0.717, 1.165) is 17.9 Å². The zero-order chi connectivity index (χ0) is 26.0.